The highest BCUT2D eigenvalue weighted by molar-refractivity contribution is 7.89. The Hall–Kier alpha value is -2.21. The molecule has 0 spiro atoms. The molecule has 1 atom stereocenters. The Kier molecular flexibility index (Phi) is 4.90. The van der Waals surface area contributed by atoms with Crippen LogP contribution in [-0.2, 0) is 15.6 Å². The quantitative estimate of drug-likeness (QED) is 0.839. The molecule has 1 aliphatic heterocycles. The first-order chi connectivity index (χ1) is 11.8. The summed E-state index contributed by atoms with van der Waals surface area (Å²) in [6.45, 7) is 0.636. The number of amides is 1. The number of halogens is 1. The zero-order chi connectivity index (χ0) is 18.0. The monoisotopic (exact) mass is 361 g/mol. The molecule has 1 unspecified atom stereocenters. The first-order valence-electron chi connectivity index (χ1n) is 8.16. The third-order valence-corrected chi connectivity index (χ3v) is 5.23. The molecule has 6 heteroatoms. The molecule has 0 N–H and O–H groups in total. The van der Waals surface area contributed by atoms with E-state index in [2.05, 4.69) is 0 Å². The normalized spacial score (nSPS) is 17.7. The minimum Gasteiger partial charge on any atom is -0.332 e. The maximum absolute atomic E-state index is 13.1. The fourth-order valence-electron chi connectivity index (χ4n) is 3.30. The molecule has 0 aromatic heterocycles. The van der Waals surface area contributed by atoms with Crippen LogP contribution >= 0.6 is 0 Å². The number of sulfone groups is 1. The summed E-state index contributed by atoms with van der Waals surface area (Å²) >= 11 is 0. The summed E-state index contributed by atoms with van der Waals surface area (Å²) in [5.41, 5.74) is 2.00. The highest BCUT2D eigenvalue weighted by Gasteiger charge is 2.30. The smallest absolute Gasteiger partial charge is 0.254 e. The maximum Gasteiger partial charge on any atom is 0.254 e. The summed E-state index contributed by atoms with van der Waals surface area (Å²) in [6, 6.07) is 12.9. The van der Waals surface area contributed by atoms with Crippen LogP contribution in [0.4, 0.5) is 4.39 Å². The molecule has 132 valence electrons. The van der Waals surface area contributed by atoms with Crippen molar-refractivity contribution >= 4 is 15.7 Å². The Balaban J connectivity index is 1.84. The van der Waals surface area contributed by atoms with Crippen LogP contribution in [-0.4, -0.2) is 32.0 Å². The second-order valence-electron chi connectivity index (χ2n) is 6.48. The fourth-order valence-corrected chi connectivity index (χ4v) is 4.09. The Morgan fingerprint density at radius 3 is 2.60 bits per heavy atom. The molecule has 1 heterocycles. The number of hydrogen-bond donors (Lipinski definition) is 0. The fraction of sp³-hybridized carbons (Fsp3) is 0.316. The summed E-state index contributed by atoms with van der Waals surface area (Å²) in [6.07, 6.45) is 2.89. The van der Waals surface area contributed by atoms with Gasteiger partial charge in [0.15, 0.2) is 9.84 Å². The number of benzene rings is 2. The Morgan fingerprint density at radius 2 is 1.92 bits per heavy atom. The van der Waals surface area contributed by atoms with Crippen LogP contribution in [0.5, 0.6) is 0 Å². The molecule has 1 fully saturated rings. The van der Waals surface area contributed by atoms with Crippen LogP contribution in [0, 0.1) is 5.82 Å². The van der Waals surface area contributed by atoms with E-state index in [1.807, 2.05) is 0 Å². The van der Waals surface area contributed by atoms with Crippen LogP contribution in [0.1, 0.15) is 40.4 Å². The molecule has 1 saturated heterocycles. The molecule has 1 aliphatic rings. The van der Waals surface area contributed by atoms with E-state index in [1.54, 1.807) is 41.3 Å². The van der Waals surface area contributed by atoms with Gasteiger partial charge in [-0.3, -0.25) is 4.79 Å². The minimum absolute atomic E-state index is 0.0772. The SMILES string of the molecule is CS(=O)(=O)Cc1cccc(C(=O)N2CCCC2c2ccc(F)cc2)c1. The number of likely N-dealkylation sites (tertiary alicyclic amines) is 1. The van der Waals surface area contributed by atoms with Crippen molar-refractivity contribution in [1.82, 2.24) is 4.90 Å². The summed E-state index contributed by atoms with van der Waals surface area (Å²) in [5, 5.41) is 0. The van der Waals surface area contributed by atoms with E-state index in [0.717, 1.165) is 18.4 Å². The van der Waals surface area contributed by atoms with Crippen molar-refractivity contribution in [3.05, 3.63) is 71.0 Å². The lowest BCUT2D eigenvalue weighted by atomic mass is 10.0. The zero-order valence-corrected chi connectivity index (χ0v) is 14.8. The molecule has 4 nitrogen and oxygen atoms in total. The predicted molar refractivity (Wildman–Crippen MR) is 94.4 cm³/mol. The van der Waals surface area contributed by atoms with Crippen LogP contribution in [0.15, 0.2) is 48.5 Å². The van der Waals surface area contributed by atoms with Gasteiger partial charge in [0.25, 0.3) is 5.91 Å². The minimum atomic E-state index is -3.16. The lowest BCUT2D eigenvalue weighted by Gasteiger charge is -2.25. The summed E-state index contributed by atoms with van der Waals surface area (Å²) < 4.78 is 36.1. The molecular formula is C19H20FNO3S. The van der Waals surface area contributed by atoms with Gasteiger partial charge < -0.3 is 4.90 Å². The van der Waals surface area contributed by atoms with Crippen LogP contribution in [0.2, 0.25) is 0 Å². The van der Waals surface area contributed by atoms with E-state index >= 15 is 0 Å². The summed E-state index contributed by atoms with van der Waals surface area (Å²) in [5.74, 6) is -0.509. The second-order valence-corrected chi connectivity index (χ2v) is 8.62. The van der Waals surface area contributed by atoms with Gasteiger partial charge in [0.1, 0.15) is 5.82 Å². The van der Waals surface area contributed by atoms with Gasteiger partial charge in [0.2, 0.25) is 0 Å². The van der Waals surface area contributed by atoms with Crippen LogP contribution in [0.3, 0.4) is 0 Å². The average molecular weight is 361 g/mol. The van der Waals surface area contributed by atoms with Crippen molar-refractivity contribution in [2.75, 3.05) is 12.8 Å². The number of hydrogen-bond acceptors (Lipinski definition) is 3. The van der Waals surface area contributed by atoms with Crippen molar-refractivity contribution in [3.8, 4) is 0 Å². The van der Waals surface area contributed by atoms with Gasteiger partial charge in [0.05, 0.1) is 11.8 Å². The lowest BCUT2D eigenvalue weighted by molar-refractivity contribution is 0.0735. The van der Waals surface area contributed by atoms with Gasteiger partial charge in [-0.1, -0.05) is 24.3 Å². The molecular weight excluding hydrogens is 341 g/mol. The van der Waals surface area contributed by atoms with Crippen molar-refractivity contribution in [3.63, 3.8) is 0 Å². The van der Waals surface area contributed by atoms with Gasteiger partial charge in [-0.05, 0) is 48.2 Å². The van der Waals surface area contributed by atoms with Gasteiger partial charge in [0, 0.05) is 18.4 Å². The third-order valence-electron chi connectivity index (χ3n) is 4.37. The molecule has 1 amide bonds. The molecule has 2 aromatic rings. The van der Waals surface area contributed by atoms with Crippen LogP contribution < -0.4 is 0 Å². The number of carbonyl (C=O) groups excluding carboxylic acids is 1. The third kappa shape index (κ3) is 4.25. The summed E-state index contributed by atoms with van der Waals surface area (Å²) in [4.78, 5) is 14.7. The first-order valence-corrected chi connectivity index (χ1v) is 10.2. The molecule has 0 radical (unpaired) electrons. The largest absolute Gasteiger partial charge is 0.332 e. The number of rotatable bonds is 4. The molecule has 3 rings (SSSR count). The van der Waals surface area contributed by atoms with E-state index < -0.39 is 9.84 Å². The molecule has 0 saturated carbocycles. The van der Waals surface area contributed by atoms with Crippen molar-refractivity contribution < 1.29 is 17.6 Å². The Morgan fingerprint density at radius 1 is 1.20 bits per heavy atom. The average Bonchev–Trinajstić information content (AvgIpc) is 3.03. The molecule has 25 heavy (non-hydrogen) atoms. The highest BCUT2D eigenvalue weighted by Crippen LogP contribution is 2.33. The van der Waals surface area contributed by atoms with Crippen molar-refractivity contribution in [2.45, 2.75) is 24.6 Å². The van der Waals surface area contributed by atoms with E-state index in [1.165, 1.54) is 18.4 Å². The highest BCUT2D eigenvalue weighted by atomic mass is 32.2. The number of carbonyl (C=O) groups is 1. The standard InChI is InChI=1S/C19H20FNO3S/c1-25(23,24)13-14-4-2-5-16(12-14)19(22)21-11-3-6-18(21)15-7-9-17(20)10-8-15/h2,4-5,7-10,12,18H,3,6,11,13H2,1H3. The first kappa shape index (κ1) is 17.6. The van der Waals surface area contributed by atoms with Gasteiger partial charge >= 0.3 is 0 Å². The van der Waals surface area contributed by atoms with Crippen LogP contribution in [0.25, 0.3) is 0 Å². The maximum atomic E-state index is 13.1. The lowest BCUT2D eigenvalue weighted by Crippen LogP contribution is -2.30. The second kappa shape index (κ2) is 6.96. The van der Waals surface area contributed by atoms with Crippen molar-refractivity contribution in [1.29, 1.82) is 0 Å². The zero-order valence-electron chi connectivity index (χ0n) is 14.0. The topological polar surface area (TPSA) is 54.5 Å². The Labute approximate surface area is 147 Å². The summed E-state index contributed by atoms with van der Waals surface area (Å²) in [7, 11) is -3.16. The van der Waals surface area contributed by atoms with Gasteiger partial charge in [-0.2, -0.15) is 0 Å². The molecule has 0 aliphatic carbocycles. The number of nitrogens with zero attached hydrogens (tertiary/aromatic N) is 1. The molecule has 0 bridgehead atoms. The van der Waals surface area contributed by atoms with E-state index in [-0.39, 0.29) is 23.5 Å². The predicted octanol–water partition coefficient (Wildman–Crippen LogP) is 3.35. The van der Waals surface area contributed by atoms with Gasteiger partial charge in [-0.25, -0.2) is 12.8 Å². The van der Waals surface area contributed by atoms with Gasteiger partial charge in [-0.15, -0.1) is 0 Å². The Bertz CT molecular complexity index is 878. The molecule has 2 aromatic carbocycles. The van der Waals surface area contributed by atoms with E-state index in [4.69, 9.17) is 0 Å². The van der Waals surface area contributed by atoms with E-state index in [0.29, 0.717) is 17.7 Å². The van der Waals surface area contributed by atoms with Crippen molar-refractivity contribution in [2.24, 2.45) is 0 Å². The van der Waals surface area contributed by atoms with E-state index in [9.17, 15) is 17.6 Å².